The number of hydrogen-bond donors (Lipinski definition) is 2. The van der Waals surface area contributed by atoms with E-state index in [1.54, 1.807) is 0 Å². The molecule has 1 rings (SSSR count). The van der Waals surface area contributed by atoms with Gasteiger partial charge >= 0.3 is 0 Å². The number of halogens is 2. The average Bonchev–Trinajstić information content (AvgIpc) is 2.20. The summed E-state index contributed by atoms with van der Waals surface area (Å²) in [6, 6.07) is 0.841. The van der Waals surface area contributed by atoms with E-state index in [1.807, 2.05) is 20.8 Å². The molecule has 0 aliphatic carbocycles. The number of nitrogens with zero attached hydrogens (tertiary/aromatic N) is 1. The first-order valence-corrected chi connectivity index (χ1v) is 5.38. The molecule has 0 aromatic carbocycles. The molecule has 0 aliphatic heterocycles. The van der Waals surface area contributed by atoms with Crippen LogP contribution in [0.2, 0.25) is 0 Å². The summed E-state index contributed by atoms with van der Waals surface area (Å²) in [7, 11) is 0. The Labute approximate surface area is 94.3 Å². The van der Waals surface area contributed by atoms with Crippen molar-refractivity contribution in [1.82, 2.24) is 4.98 Å². The molecule has 1 aromatic heterocycles. The van der Waals surface area contributed by atoms with E-state index in [0.717, 1.165) is 6.07 Å². The minimum absolute atomic E-state index is 0.0788. The predicted molar refractivity (Wildman–Crippen MR) is 61.6 cm³/mol. The zero-order valence-corrected chi connectivity index (χ0v) is 9.77. The Hall–Kier alpha value is -1.39. The van der Waals surface area contributed by atoms with Gasteiger partial charge in [0.1, 0.15) is 0 Å². The molecular weight excluding hydrogens is 212 g/mol. The van der Waals surface area contributed by atoms with Crippen molar-refractivity contribution in [2.75, 3.05) is 23.7 Å². The van der Waals surface area contributed by atoms with Gasteiger partial charge < -0.3 is 10.6 Å². The Morgan fingerprint density at radius 1 is 1.19 bits per heavy atom. The van der Waals surface area contributed by atoms with Crippen LogP contribution >= 0.6 is 0 Å². The van der Waals surface area contributed by atoms with Gasteiger partial charge in [0.25, 0.3) is 0 Å². The van der Waals surface area contributed by atoms with Crippen LogP contribution in [-0.4, -0.2) is 18.1 Å². The van der Waals surface area contributed by atoms with E-state index in [9.17, 15) is 8.78 Å². The minimum Gasteiger partial charge on any atom is -0.368 e. The third-order valence-corrected chi connectivity index (χ3v) is 1.95. The summed E-state index contributed by atoms with van der Waals surface area (Å²) in [4.78, 5) is 3.86. The summed E-state index contributed by atoms with van der Waals surface area (Å²) in [6.07, 6.45) is 0. The topological polar surface area (TPSA) is 37.0 Å². The molecule has 0 unspecified atom stereocenters. The van der Waals surface area contributed by atoms with E-state index in [0.29, 0.717) is 19.0 Å². The van der Waals surface area contributed by atoms with Crippen LogP contribution in [0.4, 0.5) is 20.4 Å². The molecular formula is C11H17F2N3. The Bertz CT molecular complexity index is 353. The van der Waals surface area contributed by atoms with Crippen molar-refractivity contribution in [1.29, 1.82) is 0 Å². The number of hydrogen-bond acceptors (Lipinski definition) is 3. The molecule has 0 saturated carbocycles. The van der Waals surface area contributed by atoms with E-state index in [-0.39, 0.29) is 11.6 Å². The van der Waals surface area contributed by atoms with Crippen molar-refractivity contribution in [3.05, 3.63) is 17.7 Å². The number of rotatable bonds is 5. The molecule has 1 aromatic rings. The van der Waals surface area contributed by atoms with Crippen molar-refractivity contribution < 1.29 is 8.78 Å². The van der Waals surface area contributed by atoms with Gasteiger partial charge in [-0.05, 0) is 12.8 Å². The number of aromatic nitrogens is 1. The highest BCUT2D eigenvalue weighted by Gasteiger charge is 2.11. The maximum absolute atomic E-state index is 13.3. The highest BCUT2D eigenvalue weighted by molar-refractivity contribution is 5.47. The zero-order chi connectivity index (χ0) is 12.1. The van der Waals surface area contributed by atoms with Crippen LogP contribution < -0.4 is 10.6 Å². The standard InChI is InChI=1S/C11H17F2N3/c1-4-14-10-8(12)5-9(13)11(16-10)15-6-7(2)3/h5,7H,4,6H2,1-3H3,(H2,14,15,16). The van der Waals surface area contributed by atoms with E-state index in [4.69, 9.17) is 0 Å². The largest absolute Gasteiger partial charge is 0.368 e. The van der Waals surface area contributed by atoms with Gasteiger partial charge in [-0.25, -0.2) is 13.8 Å². The van der Waals surface area contributed by atoms with E-state index in [1.165, 1.54) is 0 Å². The van der Waals surface area contributed by atoms with Crippen LogP contribution in [0.3, 0.4) is 0 Å². The summed E-state index contributed by atoms with van der Waals surface area (Å²) < 4.78 is 26.6. The first-order valence-electron chi connectivity index (χ1n) is 5.38. The van der Waals surface area contributed by atoms with Gasteiger partial charge in [-0.1, -0.05) is 13.8 Å². The number of nitrogens with one attached hydrogen (secondary N) is 2. The quantitative estimate of drug-likeness (QED) is 0.815. The number of anilines is 2. The molecule has 0 radical (unpaired) electrons. The minimum atomic E-state index is -0.672. The Balaban J connectivity index is 2.86. The summed E-state index contributed by atoms with van der Waals surface area (Å²) in [5.74, 6) is -0.802. The van der Waals surface area contributed by atoms with E-state index < -0.39 is 11.6 Å². The Morgan fingerprint density at radius 2 is 1.75 bits per heavy atom. The SMILES string of the molecule is CCNc1nc(NCC(C)C)c(F)cc1F. The second-order valence-electron chi connectivity index (χ2n) is 3.95. The molecule has 3 nitrogen and oxygen atoms in total. The summed E-state index contributed by atoms with van der Waals surface area (Å²) in [5.41, 5.74) is 0. The summed E-state index contributed by atoms with van der Waals surface area (Å²) >= 11 is 0. The zero-order valence-electron chi connectivity index (χ0n) is 9.77. The lowest BCUT2D eigenvalue weighted by molar-refractivity contribution is 0.575. The molecule has 1 heterocycles. The van der Waals surface area contributed by atoms with Gasteiger partial charge in [0, 0.05) is 19.2 Å². The maximum atomic E-state index is 13.3. The third kappa shape index (κ3) is 3.32. The molecule has 0 spiro atoms. The fraction of sp³-hybridized carbons (Fsp3) is 0.545. The lowest BCUT2D eigenvalue weighted by Gasteiger charge is -2.11. The second-order valence-corrected chi connectivity index (χ2v) is 3.95. The van der Waals surface area contributed by atoms with Gasteiger partial charge in [0.15, 0.2) is 23.3 Å². The van der Waals surface area contributed by atoms with Crippen molar-refractivity contribution in [2.45, 2.75) is 20.8 Å². The molecule has 0 amide bonds. The average molecular weight is 229 g/mol. The lowest BCUT2D eigenvalue weighted by atomic mass is 10.2. The normalized spacial score (nSPS) is 10.6. The van der Waals surface area contributed by atoms with Crippen LogP contribution in [0.15, 0.2) is 6.07 Å². The lowest BCUT2D eigenvalue weighted by Crippen LogP contribution is -2.12. The van der Waals surface area contributed by atoms with Crippen LogP contribution in [-0.2, 0) is 0 Å². The molecule has 90 valence electrons. The molecule has 0 bridgehead atoms. The Morgan fingerprint density at radius 3 is 2.25 bits per heavy atom. The summed E-state index contributed by atoms with van der Waals surface area (Å²) in [5, 5.41) is 5.58. The first-order chi connectivity index (χ1) is 7.54. The molecule has 0 fully saturated rings. The van der Waals surface area contributed by atoms with Crippen molar-refractivity contribution in [3.8, 4) is 0 Å². The van der Waals surface area contributed by atoms with Gasteiger partial charge in [-0.15, -0.1) is 0 Å². The van der Waals surface area contributed by atoms with E-state index in [2.05, 4.69) is 15.6 Å². The van der Waals surface area contributed by atoms with Crippen LogP contribution in [0.5, 0.6) is 0 Å². The van der Waals surface area contributed by atoms with Gasteiger partial charge in [-0.2, -0.15) is 0 Å². The number of pyridine rings is 1. The molecule has 5 heteroatoms. The monoisotopic (exact) mass is 229 g/mol. The van der Waals surface area contributed by atoms with Gasteiger partial charge in [0.05, 0.1) is 0 Å². The fourth-order valence-electron chi connectivity index (χ4n) is 1.18. The predicted octanol–water partition coefficient (Wildman–Crippen LogP) is 2.86. The van der Waals surface area contributed by atoms with E-state index >= 15 is 0 Å². The highest BCUT2D eigenvalue weighted by atomic mass is 19.1. The third-order valence-electron chi connectivity index (χ3n) is 1.95. The molecule has 16 heavy (non-hydrogen) atoms. The molecule has 0 atom stereocenters. The van der Waals surface area contributed by atoms with Crippen molar-refractivity contribution in [2.24, 2.45) is 5.92 Å². The van der Waals surface area contributed by atoms with Gasteiger partial charge in [-0.3, -0.25) is 0 Å². The fourth-order valence-corrected chi connectivity index (χ4v) is 1.18. The van der Waals surface area contributed by atoms with Crippen LogP contribution in [0, 0.1) is 17.6 Å². The highest BCUT2D eigenvalue weighted by Crippen LogP contribution is 2.18. The van der Waals surface area contributed by atoms with Crippen molar-refractivity contribution >= 4 is 11.6 Å². The summed E-state index contributed by atoms with van der Waals surface area (Å²) in [6.45, 7) is 6.96. The smallest absolute Gasteiger partial charge is 0.168 e. The molecule has 0 aliphatic rings. The first kappa shape index (κ1) is 12.7. The van der Waals surface area contributed by atoms with Crippen LogP contribution in [0.25, 0.3) is 0 Å². The van der Waals surface area contributed by atoms with Gasteiger partial charge in [0.2, 0.25) is 0 Å². The molecule has 0 saturated heterocycles. The second kappa shape index (κ2) is 5.63. The molecule has 2 N–H and O–H groups in total. The maximum Gasteiger partial charge on any atom is 0.168 e. The Kier molecular flexibility index (Phi) is 4.46. The van der Waals surface area contributed by atoms with Crippen molar-refractivity contribution in [3.63, 3.8) is 0 Å². The van der Waals surface area contributed by atoms with Crippen LogP contribution in [0.1, 0.15) is 20.8 Å².